The molecule has 182 valence electrons. The molecule has 6 nitrogen and oxygen atoms in total. The molecule has 4 aliphatic rings. The molecule has 2 aromatic rings. The number of ether oxygens (including phenoxy) is 3. The summed E-state index contributed by atoms with van der Waals surface area (Å²) in [6, 6.07) is 8.93. The van der Waals surface area contributed by atoms with Gasteiger partial charge >= 0.3 is 12.3 Å². The quantitative estimate of drug-likeness (QED) is 0.671. The van der Waals surface area contributed by atoms with Gasteiger partial charge in [-0.1, -0.05) is 18.2 Å². The van der Waals surface area contributed by atoms with Gasteiger partial charge in [-0.2, -0.15) is 13.2 Å². The third kappa shape index (κ3) is 4.53. The summed E-state index contributed by atoms with van der Waals surface area (Å²) in [5.74, 6) is 0.740. The fourth-order valence-corrected chi connectivity index (χ4v) is 5.19. The molecule has 4 heterocycles. The zero-order valence-corrected chi connectivity index (χ0v) is 18.9. The first-order valence-electron chi connectivity index (χ1n) is 11.5. The Bertz CT molecular complexity index is 1070. The highest BCUT2D eigenvalue weighted by atomic mass is 19.4. The number of halogens is 3. The molecular formula is C25H27F3N2O4. The van der Waals surface area contributed by atoms with Gasteiger partial charge in [-0.3, -0.25) is 4.90 Å². The van der Waals surface area contributed by atoms with Crippen LogP contribution in [0.3, 0.4) is 0 Å². The van der Waals surface area contributed by atoms with Gasteiger partial charge in [0, 0.05) is 18.5 Å². The van der Waals surface area contributed by atoms with E-state index >= 15 is 0 Å². The van der Waals surface area contributed by atoms with Crippen molar-refractivity contribution in [3.63, 3.8) is 0 Å². The van der Waals surface area contributed by atoms with Gasteiger partial charge in [-0.15, -0.1) is 0 Å². The lowest BCUT2D eigenvalue weighted by molar-refractivity contribution is -0.138. The first-order chi connectivity index (χ1) is 16.3. The Morgan fingerprint density at radius 2 is 1.82 bits per heavy atom. The molecular weight excluding hydrogens is 449 g/mol. The molecule has 2 aromatic carbocycles. The molecule has 1 unspecified atom stereocenters. The Morgan fingerprint density at radius 3 is 2.50 bits per heavy atom. The van der Waals surface area contributed by atoms with E-state index in [4.69, 9.17) is 14.2 Å². The number of piperidine rings is 3. The minimum atomic E-state index is -4.53. The summed E-state index contributed by atoms with van der Waals surface area (Å²) in [7, 11) is 1.21. The highest BCUT2D eigenvalue weighted by Crippen LogP contribution is 2.41. The number of hydrogen-bond donors (Lipinski definition) is 1. The highest BCUT2D eigenvalue weighted by molar-refractivity contribution is 5.71. The van der Waals surface area contributed by atoms with Gasteiger partial charge in [0.1, 0.15) is 17.6 Å². The maximum Gasteiger partial charge on any atom is 0.419 e. The molecule has 0 radical (unpaired) electrons. The number of amides is 1. The number of benzene rings is 2. The van der Waals surface area contributed by atoms with Gasteiger partial charge < -0.3 is 19.5 Å². The number of alkyl carbamates (subject to hydrolysis) is 1. The van der Waals surface area contributed by atoms with Crippen LogP contribution in [0.15, 0.2) is 36.4 Å². The van der Waals surface area contributed by atoms with Crippen molar-refractivity contribution < 1.29 is 32.2 Å². The molecule has 9 heteroatoms. The van der Waals surface area contributed by atoms with Crippen molar-refractivity contribution in [2.75, 3.05) is 33.4 Å². The van der Waals surface area contributed by atoms with Gasteiger partial charge in [0.15, 0.2) is 0 Å². The van der Waals surface area contributed by atoms with E-state index in [-0.39, 0.29) is 17.9 Å². The summed E-state index contributed by atoms with van der Waals surface area (Å²) in [5, 5.41) is 2.96. The fraction of sp³-hybridized carbons (Fsp3) is 0.480. The molecule has 34 heavy (non-hydrogen) atoms. The number of carbonyl (C=O) groups is 1. The Kier molecular flexibility index (Phi) is 6.06. The van der Waals surface area contributed by atoms with Crippen LogP contribution in [0.4, 0.5) is 18.0 Å². The van der Waals surface area contributed by atoms with Crippen LogP contribution in [0.5, 0.6) is 11.5 Å². The van der Waals surface area contributed by atoms with E-state index in [9.17, 15) is 18.0 Å². The summed E-state index contributed by atoms with van der Waals surface area (Å²) < 4.78 is 56.7. The van der Waals surface area contributed by atoms with Gasteiger partial charge in [0.2, 0.25) is 0 Å². The summed E-state index contributed by atoms with van der Waals surface area (Å²) >= 11 is 0. The van der Waals surface area contributed by atoms with Crippen molar-refractivity contribution in [2.24, 2.45) is 5.92 Å². The number of fused-ring (bicyclic) bond motifs is 4. The van der Waals surface area contributed by atoms with Crippen LogP contribution in [0.25, 0.3) is 11.1 Å². The minimum absolute atomic E-state index is 0.0814. The number of carbonyl (C=O) groups excluding carboxylic acids is 1. The average Bonchev–Trinajstić information content (AvgIpc) is 2.83. The van der Waals surface area contributed by atoms with Crippen LogP contribution in [0.1, 0.15) is 36.4 Å². The monoisotopic (exact) mass is 476 g/mol. The van der Waals surface area contributed by atoms with Crippen molar-refractivity contribution >= 4 is 6.09 Å². The molecule has 6 rings (SSSR count). The topological polar surface area (TPSA) is 60.0 Å². The molecule has 1 N–H and O–H groups in total. The molecule has 2 bridgehead atoms. The van der Waals surface area contributed by atoms with E-state index in [0.29, 0.717) is 35.8 Å². The van der Waals surface area contributed by atoms with Crippen molar-refractivity contribution in [3.05, 3.63) is 47.5 Å². The number of hydrogen-bond acceptors (Lipinski definition) is 5. The van der Waals surface area contributed by atoms with Gasteiger partial charge in [-0.25, -0.2) is 4.79 Å². The Morgan fingerprint density at radius 1 is 1.09 bits per heavy atom. The summed E-state index contributed by atoms with van der Waals surface area (Å²) in [6.45, 7) is 3.31. The highest BCUT2D eigenvalue weighted by Gasteiger charge is 2.37. The van der Waals surface area contributed by atoms with Crippen LogP contribution in [-0.4, -0.2) is 50.4 Å². The van der Waals surface area contributed by atoms with E-state index in [1.165, 1.54) is 13.2 Å². The smallest absolute Gasteiger partial charge is 0.419 e. The predicted octanol–water partition coefficient (Wildman–Crippen LogP) is 5.03. The Labute approximate surface area is 196 Å². The largest absolute Gasteiger partial charge is 0.496 e. The lowest BCUT2D eigenvalue weighted by Crippen LogP contribution is -2.52. The third-order valence-corrected chi connectivity index (χ3v) is 7.04. The number of methoxy groups -OCH3 is 1. The number of nitrogens with one attached hydrogen (secondary N) is 1. The minimum Gasteiger partial charge on any atom is -0.496 e. The number of rotatable bonds is 4. The molecule has 1 amide bonds. The van der Waals surface area contributed by atoms with Crippen LogP contribution in [-0.2, 0) is 10.9 Å². The van der Waals surface area contributed by atoms with Crippen molar-refractivity contribution in [2.45, 2.75) is 37.6 Å². The first-order valence-corrected chi connectivity index (χ1v) is 11.5. The zero-order chi connectivity index (χ0) is 23.9. The van der Waals surface area contributed by atoms with Gasteiger partial charge in [0.05, 0.1) is 25.3 Å². The fourth-order valence-electron chi connectivity index (χ4n) is 5.19. The molecule has 2 atom stereocenters. The summed E-state index contributed by atoms with van der Waals surface area (Å²) in [5.41, 5.74) is 0.936. The normalized spacial score (nSPS) is 25.8. The third-order valence-electron chi connectivity index (χ3n) is 7.04. The van der Waals surface area contributed by atoms with Crippen LogP contribution in [0.2, 0.25) is 0 Å². The van der Waals surface area contributed by atoms with Crippen LogP contribution >= 0.6 is 0 Å². The van der Waals surface area contributed by atoms with Gasteiger partial charge in [-0.05, 0) is 61.2 Å². The van der Waals surface area contributed by atoms with E-state index in [2.05, 4.69) is 10.2 Å². The second-order valence-electron chi connectivity index (χ2n) is 9.08. The van der Waals surface area contributed by atoms with Crippen molar-refractivity contribution in [1.82, 2.24) is 10.2 Å². The number of nitrogens with zero attached hydrogens (tertiary/aromatic N) is 1. The lowest BCUT2D eigenvalue weighted by Gasteiger charge is -2.44. The van der Waals surface area contributed by atoms with E-state index < -0.39 is 17.8 Å². The van der Waals surface area contributed by atoms with Crippen molar-refractivity contribution in [3.8, 4) is 22.6 Å². The van der Waals surface area contributed by atoms with E-state index in [1.54, 1.807) is 24.3 Å². The predicted molar refractivity (Wildman–Crippen MR) is 119 cm³/mol. The maximum absolute atomic E-state index is 13.4. The average molecular weight is 476 g/mol. The van der Waals surface area contributed by atoms with E-state index in [1.807, 2.05) is 0 Å². The molecule has 3 saturated heterocycles. The van der Waals surface area contributed by atoms with Crippen molar-refractivity contribution in [1.29, 1.82) is 0 Å². The van der Waals surface area contributed by atoms with Gasteiger partial charge in [0.25, 0.3) is 0 Å². The van der Waals surface area contributed by atoms with Crippen LogP contribution in [0, 0.1) is 5.92 Å². The Balaban J connectivity index is 1.32. The summed E-state index contributed by atoms with van der Waals surface area (Å²) in [4.78, 5) is 15.0. The molecule has 4 aliphatic heterocycles. The number of alkyl halides is 3. The second kappa shape index (κ2) is 9.02. The Hall–Kier alpha value is -2.94. The van der Waals surface area contributed by atoms with E-state index in [0.717, 1.165) is 44.1 Å². The molecule has 0 aliphatic carbocycles. The lowest BCUT2D eigenvalue weighted by atomic mass is 9.86. The molecule has 3 fully saturated rings. The first kappa shape index (κ1) is 22.8. The molecule has 0 saturated carbocycles. The standard InChI is InChI=1S/C25H27F3N2O4/c1-32-21-5-3-16(12-19(21)25(26,27)28)17-2-4-18-20(8-11-33-22(18)13-17)29-24(31)34-23-14-30-9-6-15(23)7-10-30/h2-5,12-13,15,20,23H,6-11,14H2,1H3,(H,29,31)/t20?,23-/m0/s1. The summed E-state index contributed by atoms with van der Waals surface area (Å²) in [6.07, 6.45) is -2.35. The molecule has 0 spiro atoms. The SMILES string of the molecule is COc1ccc(-c2ccc3c(c2)OCCC3NC(=O)O[C@H]2CN3CCC2CC3)cc1C(F)(F)F. The second-order valence-corrected chi connectivity index (χ2v) is 9.08. The molecule has 0 aromatic heterocycles. The maximum atomic E-state index is 13.4. The zero-order valence-electron chi connectivity index (χ0n) is 18.9. The van der Waals surface area contributed by atoms with Crippen LogP contribution < -0.4 is 14.8 Å².